The molecule has 0 rings (SSSR count). The van der Waals surface area contributed by atoms with Gasteiger partial charge in [0.05, 0.1) is 0 Å². The van der Waals surface area contributed by atoms with Gasteiger partial charge in [-0.1, -0.05) is 13.8 Å². The summed E-state index contributed by atoms with van der Waals surface area (Å²) in [5.41, 5.74) is -0.803. The molecular weight excluding hydrogens is 201 g/mol. The van der Waals surface area contributed by atoms with Crippen LogP contribution in [0.3, 0.4) is 0 Å². The molecule has 0 saturated heterocycles. The highest BCUT2D eigenvalue weighted by atomic mass is 19.1. The van der Waals surface area contributed by atoms with Crippen LogP contribution in [0.4, 0.5) is 9.18 Å². The van der Waals surface area contributed by atoms with E-state index in [0.717, 1.165) is 4.90 Å². The molecule has 0 heterocycles. The Morgan fingerprint density at radius 1 is 1.27 bits per heavy atom. The van der Waals surface area contributed by atoms with Crippen molar-refractivity contribution in [3.8, 4) is 0 Å². The Hall–Kier alpha value is -1.13. The predicted octanol–water partition coefficient (Wildman–Crippen LogP) is 2.29. The lowest BCUT2D eigenvalue weighted by molar-refractivity contribution is -0.138. The average molecular weight is 219 g/mol. The van der Waals surface area contributed by atoms with E-state index in [9.17, 15) is 14.0 Å². The molecule has 1 atom stereocenters. The fraction of sp³-hybridized carbons (Fsp3) is 0.800. The van der Waals surface area contributed by atoms with Gasteiger partial charge in [-0.15, -0.1) is 0 Å². The SMILES string of the molecule is CC(C)[C@@H](C(=O)F)N(C(=O)O)C(C)(C)C. The molecule has 88 valence electrons. The van der Waals surface area contributed by atoms with Crippen molar-refractivity contribution in [1.29, 1.82) is 0 Å². The van der Waals surface area contributed by atoms with Crippen LogP contribution in [0.5, 0.6) is 0 Å². The Morgan fingerprint density at radius 3 is 1.73 bits per heavy atom. The third-order valence-electron chi connectivity index (χ3n) is 2.07. The van der Waals surface area contributed by atoms with Crippen LogP contribution in [0.25, 0.3) is 0 Å². The van der Waals surface area contributed by atoms with E-state index in [1.807, 2.05) is 0 Å². The molecule has 5 heteroatoms. The third kappa shape index (κ3) is 3.49. The van der Waals surface area contributed by atoms with Gasteiger partial charge in [0.1, 0.15) is 6.04 Å². The first-order chi connectivity index (χ1) is 6.59. The fourth-order valence-electron chi connectivity index (χ4n) is 1.48. The first-order valence-electron chi connectivity index (χ1n) is 4.80. The van der Waals surface area contributed by atoms with Crippen molar-refractivity contribution < 1.29 is 19.1 Å². The quantitative estimate of drug-likeness (QED) is 0.741. The van der Waals surface area contributed by atoms with Crippen molar-refractivity contribution >= 4 is 12.1 Å². The summed E-state index contributed by atoms with van der Waals surface area (Å²) in [4.78, 5) is 22.7. The van der Waals surface area contributed by atoms with Gasteiger partial charge in [-0.05, 0) is 26.7 Å². The molecule has 0 bridgehead atoms. The van der Waals surface area contributed by atoms with E-state index >= 15 is 0 Å². The molecule has 0 aromatic carbocycles. The molecule has 0 spiro atoms. The number of amides is 1. The molecule has 0 fully saturated rings. The normalized spacial score (nSPS) is 13.8. The molecule has 0 saturated carbocycles. The van der Waals surface area contributed by atoms with Crippen molar-refractivity contribution in [3.05, 3.63) is 0 Å². The first-order valence-corrected chi connectivity index (χ1v) is 4.80. The zero-order valence-corrected chi connectivity index (χ0v) is 9.74. The monoisotopic (exact) mass is 219 g/mol. The van der Waals surface area contributed by atoms with Crippen LogP contribution >= 0.6 is 0 Å². The number of carbonyl (C=O) groups is 2. The van der Waals surface area contributed by atoms with Gasteiger partial charge < -0.3 is 5.11 Å². The standard InChI is InChI=1S/C10H18FNO3/c1-6(2)7(8(11)13)12(9(14)15)10(3,4)5/h6-7H,1-5H3,(H,14,15)/t7-/m0/s1. The largest absolute Gasteiger partial charge is 0.465 e. The van der Waals surface area contributed by atoms with Crippen LogP contribution < -0.4 is 0 Å². The highest BCUT2D eigenvalue weighted by Gasteiger charge is 2.39. The summed E-state index contributed by atoms with van der Waals surface area (Å²) in [6, 6.07) is -2.84. The number of halogens is 1. The minimum Gasteiger partial charge on any atom is -0.465 e. The van der Waals surface area contributed by atoms with Gasteiger partial charge in [0.2, 0.25) is 0 Å². The summed E-state index contributed by atoms with van der Waals surface area (Å²) in [5.74, 6) is -0.391. The van der Waals surface area contributed by atoms with Crippen molar-refractivity contribution in [1.82, 2.24) is 4.90 Å². The predicted molar refractivity (Wildman–Crippen MR) is 54.4 cm³/mol. The number of hydrogen-bond acceptors (Lipinski definition) is 2. The van der Waals surface area contributed by atoms with Gasteiger partial charge in [0.15, 0.2) is 0 Å². The van der Waals surface area contributed by atoms with Crippen LogP contribution in [-0.2, 0) is 4.79 Å². The van der Waals surface area contributed by atoms with Crippen LogP contribution in [-0.4, -0.2) is 33.7 Å². The number of carbonyl (C=O) groups excluding carboxylic acids is 1. The Balaban J connectivity index is 5.21. The third-order valence-corrected chi connectivity index (χ3v) is 2.07. The van der Waals surface area contributed by atoms with E-state index in [4.69, 9.17) is 5.11 Å². The maximum Gasteiger partial charge on any atom is 0.408 e. The highest BCUT2D eigenvalue weighted by molar-refractivity contribution is 5.80. The fourth-order valence-corrected chi connectivity index (χ4v) is 1.48. The molecule has 1 amide bonds. The van der Waals surface area contributed by atoms with Gasteiger partial charge in [0, 0.05) is 5.54 Å². The maximum absolute atomic E-state index is 12.8. The molecule has 0 aliphatic rings. The molecule has 0 aromatic heterocycles. The highest BCUT2D eigenvalue weighted by Crippen LogP contribution is 2.23. The van der Waals surface area contributed by atoms with Crippen LogP contribution in [0.15, 0.2) is 0 Å². The average Bonchev–Trinajstić information content (AvgIpc) is 1.94. The van der Waals surface area contributed by atoms with E-state index < -0.39 is 29.6 Å². The smallest absolute Gasteiger partial charge is 0.408 e. The van der Waals surface area contributed by atoms with Crippen LogP contribution in [0, 0.1) is 5.92 Å². The molecule has 1 N–H and O–H groups in total. The Morgan fingerprint density at radius 2 is 1.67 bits per heavy atom. The molecule has 0 aliphatic heterocycles. The van der Waals surface area contributed by atoms with Crippen molar-refractivity contribution in [3.63, 3.8) is 0 Å². The Kier molecular flexibility index (Phi) is 4.25. The maximum atomic E-state index is 12.8. The molecule has 0 radical (unpaired) electrons. The molecule has 0 unspecified atom stereocenters. The molecule has 4 nitrogen and oxygen atoms in total. The second-order valence-electron chi connectivity index (χ2n) is 4.82. The summed E-state index contributed by atoms with van der Waals surface area (Å²) >= 11 is 0. The number of rotatable bonds is 3. The molecule has 15 heavy (non-hydrogen) atoms. The summed E-state index contributed by atoms with van der Waals surface area (Å²) < 4.78 is 12.8. The van der Waals surface area contributed by atoms with E-state index in [1.54, 1.807) is 34.6 Å². The molecule has 0 aromatic rings. The van der Waals surface area contributed by atoms with E-state index in [1.165, 1.54) is 0 Å². The lowest BCUT2D eigenvalue weighted by Gasteiger charge is -2.39. The van der Waals surface area contributed by atoms with Gasteiger partial charge in [-0.3, -0.25) is 9.69 Å². The zero-order chi connectivity index (χ0) is 12.4. The second-order valence-corrected chi connectivity index (χ2v) is 4.82. The first kappa shape index (κ1) is 13.9. The van der Waals surface area contributed by atoms with E-state index in [-0.39, 0.29) is 0 Å². The second kappa shape index (κ2) is 4.59. The summed E-state index contributed by atoms with van der Waals surface area (Å²) in [6.45, 7) is 8.10. The number of carboxylic acid groups (broad SMARTS) is 1. The lowest BCUT2D eigenvalue weighted by Crippen LogP contribution is -2.55. The Bertz CT molecular complexity index is 258. The summed E-state index contributed by atoms with van der Waals surface area (Å²) in [7, 11) is 0. The van der Waals surface area contributed by atoms with Crippen molar-refractivity contribution in [2.75, 3.05) is 0 Å². The minimum absolute atomic E-state index is 0.391. The van der Waals surface area contributed by atoms with E-state index in [0.29, 0.717) is 0 Å². The number of nitrogens with zero attached hydrogens (tertiary/aromatic N) is 1. The topological polar surface area (TPSA) is 57.6 Å². The van der Waals surface area contributed by atoms with Crippen molar-refractivity contribution in [2.45, 2.75) is 46.2 Å². The Labute approximate surface area is 89.1 Å². The van der Waals surface area contributed by atoms with Gasteiger partial charge in [-0.2, -0.15) is 4.39 Å². The van der Waals surface area contributed by atoms with Gasteiger partial charge in [0.25, 0.3) is 0 Å². The molecule has 0 aliphatic carbocycles. The van der Waals surface area contributed by atoms with Gasteiger partial charge >= 0.3 is 12.1 Å². The lowest BCUT2D eigenvalue weighted by atomic mass is 9.97. The van der Waals surface area contributed by atoms with Gasteiger partial charge in [-0.25, -0.2) is 4.79 Å². The zero-order valence-electron chi connectivity index (χ0n) is 9.74. The summed E-state index contributed by atoms with van der Waals surface area (Å²) in [5, 5.41) is 8.98. The van der Waals surface area contributed by atoms with E-state index in [2.05, 4.69) is 0 Å². The van der Waals surface area contributed by atoms with Crippen LogP contribution in [0.2, 0.25) is 0 Å². The summed E-state index contributed by atoms with van der Waals surface area (Å²) in [6.07, 6.45) is -1.29. The molecular formula is C10H18FNO3. The minimum atomic E-state index is -1.61. The number of hydrogen-bond donors (Lipinski definition) is 1. The van der Waals surface area contributed by atoms with Crippen LogP contribution in [0.1, 0.15) is 34.6 Å². The van der Waals surface area contributed by atoms with Crippen molar-refractivity contribution in [2.24, 2.45) is 5.92 Å².